The Kier molecular flexibility index (Phi) is 5.42. The van der Waals surface area contributed by atoms with E-state index in [1.165, 1.54) is 5.56 Å². The molecule has 24 heavy (non-hydrogen) atoms. The predicted octanol–water partition coefficient (Wildman–Crippen LogP) is 3.76. The van der Waals surface area contributed by atoms with Crippen molar-refractivity contribution in [2.24, 2.45) is 0 Å². The minimum Gasteiger partial charge on any atom is -0.346 e. The van der Waals surface area contributed by atoms with Crippen LogP contribution in [0.2, 0.25) is 0 Å². The van der Waals surface area contributed by atoms with E-state index in [0.29, 0.717) is 6.42 Å². The Hall–Kier alpha value is -1.99. The van der Waals surface area contributed by atoms with E-state index in [-0.39, 0.29) is 18.0 Å². The lowest BCUT2D eigenvalue weighted by atomic mass is 10.1. The molecule has 0 saturated carbocycles. The Morgan fingerprint density at radius 3 is 2.92 bits per heavy atom. The summed E-state index contributed by atoms with van der Waals surface area (Å²) in [6.45, 7) is 3.97. The minimum absolute atomic E-state index is 0.0195. The van der Waals surface area contributed by atoms with E-state index >= 15 is 0 Å². The smallest absolute Gasteiger partial charge is 0.222 e. The van der Waals surface area contributed by atoms with Crippen LogP contribution in [-0.4, -0.2) is 20.7 Å². The van der Waals surface area contributed by atoms with Crippen LogP contribution in [0.3, 0.4) is 0 Å². The summed E-state index contributed by atoms with van der Waals surface area (Å²) in [5.74, 6) is 0.0195. The molecule has 7 heteroatoms. The molecule has 0 bridgehead atoms. The highest BCUT2D eigenvalue weighted by Crippen LogP contribution is 2.24. The van der Waals surface area contributed by atoms with Crippen LogP contribution in [0, 0.1) is 6.92 Å². The number of carbonyl (C=O) groups is 1. The van der Waals surface area contributed by atoms with Crippen molar-refractivity contribution in [1.29, 1.82) is 0 Å². The highest BCUT2D eigenvalue weighted by atomic mass is 32.1. The molecule has 0 unspecified atom stereocenters. The zero-order chi connectivity index (χ0) is 16.9. The van der Waals surface area contributed by atoms with Crippen molar-refractivity contribution in [1.82, 2.24) is 20.1 Å². The molecule has 3 aromatic heterocycles. The number of thiazole rings is 1. The average molecular weight is 361 g/mol. The molecule has 1 amide bonds. The number of nitrogens with zero attached hydrogens (tertiary/aromatic N) is 3. The van der Waals surface area contributed by atoms with Crippen LogP contribution < -0.4 is 5.32 Å². The quantitative estimate of drug-likeness (QED) is 0.698. The molecule has 3 rings (SSSR count). The number of rotatable bonds is 7. The number of hydrogen-bond acceptors (Lipinski definition) is 5. The summed E-state index contributed by atoms with van der Waals surface area (Å²) in [7, 11) is 0. The molecule has 0 aliphatic carbocycles. The lowest BCUT2D eigenvalue weighted by molar-refractivity contribution is -0.122. The molecule has 0 aliphatic rings. The molecule has 0 fully saturated rings. The van der Waals surface area contributed by atoms with Gasteiger partial charge in [-0.15, -0.1) is 11.3 Å². The number of amides is 1. The second-order valence-corrected chi connectivity index (χ2v) is 7.49. The molecule has 2 atom stereocenters. The Morgan fingerprint density at radius 1 is 1.42 bits per heavy atom. The van der Waals surface area contributed by atoms with Gasteiger partial charge in [0.05, 0.1) is 12.1 Å². The number of aromatic nitrogens is 3. The molecule has 0 aliphatic heterocycles. The summed E-state index contributed by atoms with van der Waals surface area (Å²) in [6.07, 6.45) is 4.77. The van der Waals surface area contributed by atoms with Gasteiger partial charge in [0.15, 0.2) is 0 Å². The number of nitrogens with one attached hydrogen (secondary N) is 1. The summed E-state index contributed by atoms with van der Waals surface area (Å²) >= 11 is 3.27. The number of hydrogen-bond donors (Lipinski definition) is 1. The molecule has 5 nitrogen and oxygen atoms in total. The van der Waals surface area contributed by atoms with E-state index in [1.54, 1.807) is 33.6 Å². The monoisotopic (exact) mass is 360 g/mol. The summed E-state index contributed by atoms with van der Waals surface area (Å²) in [5, 5.41) is 14.5. The first-order valence-electron chi connectivity index (χ1n) is 7.83. The van der Waals surface area contributed by atoms with Gasteiger partial charge in [0.25, 0.3) is 0 Å². The van der Waals surface area contributed by atoms with Crippen molar-refractivity contribution in [3.63, 3.8) is 0 Å². The third-order valence-electron chi connectivity index (χ3n) is 3.75. The molecule has 0 spiro atoms. The van der Waals surface area contributed by atoms with Gasteiger partial charge >= 0.3 is 0 Å². The third-order valence-corrected chi connectivity index (χ3v) is 5.56. The summed E-state index contributed by atoms with van der Waals surface area (Å²) < 4.78 is 1.81. The van der Waals surface area contributed by atoms with E-state index in [9.17, 15) is 4.79 Å². The molecule has 0 radical (unpaired) electrons. The van der Waals surface area contributed by atoms with Gasteiger partial charge in [-0.25, -0.2) is 4.98 Å². The fraction of sp³-hybridized carbons (Fsp3) is 0.353. The average Bonchev–Trinajstić information content (AvgIpc) is 3.29. The van der Waals surface area contributed by atoms with E-state index in [1.807, 2.05) is 31.5 Å². The topological polar surface area (TPSA) is 59.8 Å². The maximum atomic E-state index is 12.5. The fourth-order valence-corrected chi connectivity index (χ4v) is 4.06. The predicted molar refractivity (Wildman–Crippen MR) is 97.3 cm³/mol. The van der Waals surface area contributed by atoms with Crippen molar-refractivity contribution >= 4 is 28.6 Å². The maximum Gasteiger partial charge on any atom is 0.222 e. The first-order chi connectivity index (χ1) is 11.6. The summed E-state index contributed by atoms with van der Waals surface area (Å²) in [5.41, 5.74) is 2.21. The van der Waals surface area contributed by atoms with Gasteiger partial charge in [0.1, 0.15) is 5.01 Å². The van der Waals surface area contributed by atoms with Gasteiger partial charge in [-0.1, -0.05) is 0 Å². The number of thiophene rings is 1. The zero-order valence-electron chi connectivity index (χ0n) is 13.7. The molecule has 0 saturated heterocycles. The Morgan fingerprint density at radius 2 is 2.29 bits per heavy atom. The van der Waals surface area contributed by atoms with E-state index in [0.717, 1.165) is 17.1 Å². The Balaban J connectivity index is 1.67. The van der Waals surface area contributed by atoms with Crippen LogP contribution in [0.15, 0.2) is 40.7 Å². The van der Waals surface area contributed by atoms with Gasteiger partial charge < -0.3 is 5.32 Å². The van der Waals surface area contributed by atoms with E-state index < -0.39 is 0 Å². The Bertz CT molecular complexity index is 764. The van der Waals surface area contributed by atoms with Crippen LogP contribution in [0.5, 0.6) is 0 Å². The molecular weight excluding hydrogens is 340 g/mol. The number of aryl methyl sites for hydroxylation is 1. The largest absolute Gasteiger partial charge is 0.346 e. The van der Waals surface area contributed by atoms with Crippen molar-refractivity contribution < 1.29 is 4.79 Å². The first-order valence-corrected chi connectivity index (χ1v) is 9.65. The molecule has 1 N–H and O–H groups in total. The van der Waals surface area contributed by atoms with Gasteiger partial charge in [-0.2, -0.15) is 16.4 Å². The first kappa shape index (κ1) is 16.9. The number of carbonyl (C=O) groups excluding carboxylic acids is 1. The molecule has 3 heterocycles. The second kappa shape index (κ2) is 7.72. The zero-order valence-corrected chi connectivity index (χ0v) is 15.3. The second-order valence-electron chi connectivity index (χ2n) is 5.82. The van der Waals surface area contributed by atoms with Crippen molar-refractivity contribution in [2.45, 2.75) is 38.8 Å². The van der Waals surface area contributed by atoms with Gasteiger partial charge in [-0.3, -0.25) is 9.48 Å². The summed E-state index contributed by atoms with van der Waals surface area (Å²) in [4.78, 5) is 17.1. The Labute approximate surface area is 149 Å². The van der Waals surface area contributed by atoms with Gasteiger partial charge in [0, 0.05) is 36.3 Å². The van der Waals surface area contributed by atoms with Crippen molar-refractivity contribution in [3.05, 3.63) is 56.9 Å². The minimum atomic E-state index is -0.0874. The third kappa shape index (κ3) is 4.30. The van der Waals surface area contributed by atoms with E-state index in [4.69, 9.17) is 0 Å². The maximum absolute atomic E-state index is 12.5. The summed E-state index contributed by atoms with van der Waals surface area (Å²) in [6, 6.07) is 3.90. The van der Waals surface area contributed by atoms with Crippen LogP contribution in [0.1, 0.15) is 41.7 Å². The van der Waals surface area contributed by atoms with Crippen LogP contribution >= 0.6 is 22.7 Å². The highest BCUT2D eigenvalue weighted by molar-refractivity contribution is 7.09. The molecule has 0 aromatic carbocycles. The SMILES string of the molecule is Cc1csc([C@H](Cc2ccsc2)NC(=O)C[C@H](C)n2cccn2)n1. The molecular formula is C17H20N4OS2. The van der Waals surface area contributed by atoms with Crippen LogP contribution in [0.25, 0.3) is 0 Å². The van der Waals surface area contributed by atoms with Crippen molar-refractivity contribution in [3.8, 4) is 0 Å². The fourth-order valence-electron chi connectivity index (χ4n) is 2.53. The van der Waals surface area contributed by atoms with Crippen LogP contribution in [0.4, 0.5) is 0 Å². The van der Waals surface area contributed by atoms with Crippen LogP contribution in [-0.2, 0) is 11.2 Å². The lowest BCUT2D eigenvalue weighted by Gasteiger charge is -2.18. The van der Waals surface area contributed by atoms with E-state index in [2.05, 4.69) is 32.2 Å². The molecule has 3 aromatic rings. The normalized spacial score (nSPS) is 13.6. The van der Waals surface area contributed by atoms with Gasteiger partial charge in [0.2, 0.25) is 5.91 Å². The lowest BCUT2D eigenvalue weighted by Crippen LogP contribution is -2.31. The molecule has 126 valence electrons. The standard InChI is InChI=1S/C17H20N4OS2/c1-12-10-24-17(19-12)15(9-14-4-7-23-11-14)20-16(22)8-13(2)21-6-3-5-18-21/h3-7,10-11,13,15H,8-9H2,1-2H3,(H,20,22)/t13-,15-/m0/s1. The van der Waals surface area contributed by atoms with Crippen molar-refractivity contribution in [2.75, 3.05) is 0 Å². The highest BCUT2D eigenvalue weighted by Gasteiger charge is 2.20. The van der Waals surface area contributed by atoms with Gasteiger partial charge in [-0.05, 0) is 42.3 Å².